The molecule has 1 aliphatic rings. The molecule has 21 heavy (non-hydrogen) atoms. The van der Waals surface area contributed by atoms with Crippen LogP contribution in [0.2, 0.25) is 5.02 Å². The maximum Gasteiger partial charge on any atom is 0.253 e. The summed E-state index contributed by atoms with van der Waals surface area (Å²) in [5, 5.41) is 9.62. The summed E-state index contributed by atoms with van der Waals surface area (Å²) in [6.45, 7) is 1.36. The third-order valence-electron chi connectivity index (χ3n) is 3.89. The lowest BCUT2D eigenvalue weighted by Gasteiger charge is -2.17. The summed E-state index contributed by atoms with van der Waals surface area (Å²) in [6, 6.07) is 4.55. The lowest BCUT2D eigenvalue weighted by atomic mass is 10.1. The van der Waals surface area contributed by atoms with Gasteiger partial charge >= 0.3 is 0 Å². The first kappa shape index (κ1) is 13.9. The van der Waals surface area contributed by atoms with Gasteiger partial charge in [-0.15, -0.1) is 0 Å². The SMILES string of the molecule is Cn1ccnc1C1CCN(C(=O)c2ccc(O)c(Cl)c2)C1. The number of imidazole rings is 1. The summed E-state index contributed by atoms with van der Waals surface area (Å²) < 4.78 is 2.00. The fourth-order valence-corrected chi connectivity index (χ4v) is 2.93. The number of halogens is 1. The highest BCUT2D eigenvalue weighted by atomic mass is 35.5. The number of rotatable bonds is 2. The van der Waals surface area contributed by atoms with Crippen LogP contribution in [0, 0.1) is 0 Å². The van der Waals surface area contributed by atoms with Crippen molar-refractivity contribution in [1.29, 1.82) is 0 Å². The van der Waals surface area contributed by atoms with E-state index >= 15 is 0 Å². The Morgan fingerprint density at radius 2 is 2.29 bits per heavy atom. The second kappa shape index (κ2) is 5.41. The average molecular weight is 306 g/mol. The van der Waals surface area contributed by atoms with Gasteiger partial charge < -0.3 is 14.6 Å². The van der Waals surface area contributed by atoms with Crippen molar-refractivity contribution in [2.75, 3.05) is 13.1 Å². The molecule has 0 bridgehead atoms. The molecule has 1 aliphatic heterocycles. The van der Waals surface area contributed by atoms with E-state index in [1.807, 2.05) is 22.7 Å². The molecule has 1 fully saturated rings. The molecule has 0 radical (unpaired) electrons. The monoisotopic (exact) mass is 305 g/mol. The third kappa shape index (κ3) is 2.61. The minimum Gasteiger partial charge on any atom is -0.506 e. The lowest BCUT2D eigenvalue weighted by molar-refractivity contribution is 0.0790. The quantitative estimate of drug-likeness (QED) is 0.927. The first-order valence-corrected chi connectivity index (χ1v) is 7.19. The number of phenolic OH excluding ortho intramolecular Hbond substituents is 1. The number of amides is 1. The number of aromatic hydroxyl groups is 1. The fraction of sp³-hybridized carbons (Fsp3) is 0.333. The Labute approximate surface area is 127 Å². The molecule has 1 atom stereocenters. The number of hydrogen-bond donors (Lipinski definition) is 1. The summed E-state index contributed by atoms with van der Waals surface area (Å²) >= 11 is 5.86. The van der Waals surface area contributed by atoms with Crippen molar-refractivity contribution >= 4 is 17.5 Å². The van der Waals surface area contributed by atoms with E-state index in [0.717, 1.165) is 12.2 Å². The van der Waals surface area contributed by atoms with Crippen molar-refractivity contribution in [2.24, 2.45) is 7.05 Å². The van der Waals surface area contributed by atoms with E-state index in [4.69, 9.17) is 11.6 Å². The number of nitrogens with zero attached hydrogens (tertiary/aromatic N) is 3. The Morgan fingerprint density at radius 1 is 1.48 bits per heavy atom. The minimum atomic E-state index is -0.0615. The molecule has 2 heterocycles. The van der Waals surface area contributed by atoms with Crippen molar-refractivity contribution in [3.05, 3.63) is 47.0 Å². The third-order valence-corrected chi connectivity index (χ3v) is 4.20. The predicted molar refractivity (Wildman–Crippen MR) is 79.6 cm³/mol. The molecule has 1 saturated heterocycles. The molecule has 0 spiro atoms. The van der Waals surface area contributed by atoms with E-state index in [-0.39, 0.29) is 22.6 Å². The first-order chi connectivity index (χ1) is 10.1. The Balaban J connectivity index is 1.75. The second-order valence-electron chi connectivity index (χ2n) is 5.30. The van der Waals surface area contributed by atoms with Crippen molar-refractivity contribution in [1.82, 2.24) is 14.5 Å². The van der Waals surface area contributed by atoms with Gasteiger partial charge in [-0.25, -0.2) is 4.98 Å². The highest BCUT2D eigenvalue weighted by Gasteiger charge is 2.30. The van der Waals surface area contributed by atoms with E-state index in [1.54, 1.807) is 12.3 Å². The average Bonchev–Trinajstić information content (AvgIpc) is 3.09. The van der Waals surface area contributed by atoms with Gasteiger partial charge in [0.15, 0.2) is 0 Å². The maximum absolute atomic E-state index is 12.5. The van der Waals surface area contributed by atoms with E-state index in [9.17, 15) is 9.90 Å². The van der Waals surface area contributed by atoms with Gasteiger partial charge in [0.25, 0.3) is 5.91 Å². The van der Waals surface area contributed by atoms with Crippen LogP contribution in [0.4, 0.5) is 0 Å². The standard InChI is InChI=1S/C15H16ClN3O2/c1-18-7-5-17-14(18)11-4-6-19(9-11)15(21)10-2-3-13(20)12(16)8-10/h2-3,5,7-8,11,20H,4,6,9H2,1H3. The molecule has 0 saturated carbocycles. The highest BCUT2D eigenvalue weighted by Crippen LogP contribution is 2.28. The number of phenols is 1. The zero-order valence-corrected chi connectivity index (χ0v) is 12.4. The lowest BCUT2D eigenvalue weighted by Crippen LogP contribution is -2.28. The molecular formula is C15H16ClN3O2. The van der Waals surface area contributed by atoms with Crippen LogP contribution in [-0.4, -0.2) is 38.6 Å². The smallest absolute Gasteiger partial charge is 0.253 e. The van der Waals surface area contributed by atoms with Crippen LogP contribution in [0.1, 0.15) is 28.5 Å². The molecule has 1 aromatic heterocycles. The highest BCUT2D eigenvalue weighted by molar-refractivity contribution is 6.32. The number of aromatic nitrogens is 2. The van der Waals surface area contributed by atoms with E-state index in [1.165, 1.54) is 12.1 Å². The van der Waals surface area contributed by atoms with Gasteiger partial charge in [-0.3, -0.25) is 4.79 Å². The second-order valence-corrected chi connectivity index (χ2v) is 5.71. The van der Waals surface area contributed by atoms with Gasteiger partial charge in [-0.1, -0.05) is 11.6 Å². The molecule has 6 heteroatoms. The minimum absolute atomic E-state index is 0.0134. The fourth-order valence-electron chi connectivity index (χ4n) is 2.75. The number of carbonyl (C=O) groups excluding carboxylic acids is 1. The maximum atomic E-state index is 12.5. The predicted octanol–water partition coefficient (Wildman–Crippen LogP) is 2.41. The molecular weight excluding hydrogens is 290 g/mol. The van der Waals surface area contributed by atoms with E-state index in [2.05, 4.69) is 4.98 Å². The van der Waals surface area contributed by atoms with Crippen LogP contribution in [0.5, 0.6) is 5.75 Å². The molecule has 0 aliphatic carbocycles. The van der Waals surface area contributed by atoms with Crippen LogP contribution in [0.3, 0.4) is 0 Å². The summed E-state index contributed by atoms with van der Waals surface area (Å²) in [7, 11) is 1.96. The van der Waals surface area contributed by atoms with Crippen LogP contribution in [0.25, 0.3) is 0 Å². The molecule has 3 rings (SSSR count). The number of carbonyl (C=O) groups is 1. The van der Waals surface area contributed by atoms with Crippen molar-refractivity contribution in [3.63, 3.8) is 0 Å². The summed E-state index contributed by atoms with van der Waals surface area (Å²) in [4.78, 5) is 18.6. The van der Waals surface area contributed by atoms with Gasteiger partial charge in [0.05, 0.1) is 5.02 Å². The zero-order valence-electron chi connectivity index (χ0n) is 11.7. The van der Waals surface area contributed by atoms with Crippen molar-refractivity contribution < 1.29 is 9.90 Å². The Bertz CT molecular complexity index is 683. The van der Waals surface area contributed by atoms with Crippen LogP contribution < -0.4 is 0 Å². The van der Waals surface area contributed by atoms with Gasteiger partial charge in [-0.2, -0.15) is 0 Å². The molecule has 1 unspecified atom stereocenters. The Kier molecular flexibility index (Phi) is 3.59. The van der Waals surface area contributed by atoms with Gasteiger partial charge in [-0.05, 0) is 24.6 Å². The zero-order chi connectivity index (χ0) is 15.0. The number of aryl methyl sites for hydroxylation is 1. The molecule has 1 N–H and O–H groups in total. The van der Waals surface area contributed by atoms with Gasteiger partial charge in [0.2, 0.25) is 0 Å². The molecule has 1 aromatic carbocycles. The molecule has 110 valence electrons. The van der Waals surface area contributed by atoms with Crippen molar-refractivity contribution in [3.8, 4) is 5.75 Å². The molecule has 1 amide bonds. The molecule has 5 nitrogen and oxygen atoms in total. The Morgan fingerprint density at radius 3 is 2.95 bits per heavy atom. The summed E-state index contributed by atoms with van der Waals surface area (Å²) in [6.07, 6.45) is 4.60. The van der Waals surface area contributed by atoms with Crippen molar-refractivity contribution in [2.45, 2.75) is 12.3 Å². The van der Waals surface area contributed by atoms with Gasteiger partial charge in [0.1, 0.15) is 11.6 Å². The Hall–Kier alpha value is -2.01. The number of hydrogen-bond acceptors (Lipinski definition) is 3. The topological polar surface area (TPSA) is 58.4 Å². The number of benzene rings is 1. The van der Waals surface area contributed by atoms with E-state index < -0.39 is 0 Å². The first-order valence-electron chi connectivity index (χ1n) is 6.81. The van der Waals surface area contributed by atoms with E-state index in [0.29, 0.717) is 18.7 Å². The van der Waals surface area contributed by atoms with Gasteiger partial charge in [0, 0.05) is 44.0 Å². The number of likely N-dealkylation sites (tertiary alicyclic amines) is 1. The largest absolute Gasteiger partial charge is 0.506 e. The van der Waals surface area contributed by atoms with Crippen LogP contribution >= 0.6 is 11.6 Å². The summed E-state index contributed by atoms with van der Waals surface area (Å²) in [5.74, 6) is 1.20. The molecule has 2 aromatic rings. The van der Waals surface area contributed by atoms with Crippen LogP contribution in [-0.2, 0) is 7.05 Å². The normalized spacial score (nSPS) is 18.2. The van der Waals surface area contributed by atoms with Crippen LogP contribution in [0.15, 0.2) is 30.6 Å². The summed E-state index contributed by atoms with van der Waals surface area (Å²) in [5.41, 5.74) is 0.498.